The number of likely N-dealkylation sites (tertiary alicyclic amines) is 1. The van der Waals surface area contributed by atoms with Gasteiger partial charge in [0.2, 0.25) is 0 Å². The minimum atomic E-state index is -0.932. The van der Waals surface area contributed by atoms with Crippen molar-refractivity contribution in [2.75, 3.05) is 19.7 Å². The molecule has 2 heterocycles. The number of carbonyl (C=O) groups excluding carboxylic acids is 2. The zero-order chi connectivity index (χ0) is 20.6. The van der Waals surface area contributed by atoms with Crippen LogP contribution in [0, 0.1) is 16.7 Å². The molecule has 152 valence electrons. The molecule has 2 N–H and O–H groups in total. The predicted octanol–water partition coefficient (Wildman–Crippen LogP) is 1.63. The molecule has 1 aromatic heterocycles. The number of nitrogens with zero attached hydrogens (tertiary/aromatic N) is 3. The van der Waals surface area contributed by atoms with E-state index in [4.69, 9.17) is 5.11 Å². The number of piperidine rings is 1. The Morgan fingerprint density at radius 1 is 1.31 bits per heavy atom. The second-order valence-corrected chi connectivity index (χ2v) is 8.45. The number of carbonyl (C=O) groups is 2. The Balaban J connectivity index is 1.64. The average Bonchev–Trinajstić information content (AvgIpc) is 3.50. The Kier molecular flexibility index (Phi) is 5.24. The molecule has 3 aliphatic rings. The van der Waals surface area contributed by atoms with Crippen molar-refractivity contribution in [3.8, 4) is 6.07 Å². The van der Waals surface area contributed by atoms with Crippen LogP contribution in [0.25, 0.3) is 5.70 Å². The van der Waals surface area contributed by atoms with E-state index in [9.17, 15) is 20.0 Å². The van der Waals surface area contributed by atoms with Gasteiger partial charge in [0, 0.05) is 37.7 Å². The van der Waals surface area contributed by atoms with E-state index in [1.54, 1.807) is 12.3 Å². The largest absolute Gasteiger partial charge is 0.394 e. The highest BCUT2D eigenvalue weighted by Gasteiger charge is 2.45. The summed E-state index contributed by atoms with van der Waals surface area (Å²) < 4.78 is 0. The first-order valence-electron chi connectivity index (χ1n) is 10.2. The molecule has 1 saturated heterocycles. The van der Waals surface area contributed by atoms with Crippen molar-refractivity contribution in [2.24, 2.45) is 5.41 Å². The Morgan fingerprint density at radius 2 is 2.03 bits per heavy atom. The first kappa shape index (κ1) is 19.7. The minimum absolute atomic E-state index is 0.0723. The number of Topliss-reactive ketones (excluding diaryl/α,β-unsaturated/α-hetero) is 2. The van der Waals surface area contributed by atoms with Gasteiger partial charge in [-0.05, 0) is 49.1 Å². The van der Waals surface area contributed by atoms with Gasteiger partial charge in [-0.3, -0.25) is 14.6 Å². The van der Waals surface area contributed by atoms with Crippen molar-refractivity contribution in [3.05, 3.63) is 34.7 Å². The summed E-state index contributed by atoms with van der Waals surface area (Å²) in [5.74, 6) is -0.431. The van der Waals surface area contributed by atoms with Crippen molar-refractivity contribution in [3.63, 3.8) is 0 Å². The molecule has 2 aliphatic carbocycles. The fourth-order valence-electron chi connectivity index (χ4n) is 4.37. The third-order valence-corrected chi connectivity index (χ3v) is 6.52. The van der Waals surface area contributed by atoms with Gasteiger partial charge < -0.3 is 15.1 Å². The van der Waals surface area contributed by atoms with E-state index in [-0.39, 0.29) is 48.7 Å². The van der Waals surface area contributed by atoms with Gasteiger partial charge in [-0.25, -0.2) is 0 Å². The molecule has 1 spiro atoms. The van der Waals surface area contributed by atoms with Gasteiger partial charge in [0.05, 0.1) is 18.4 Å². The molecule has 0 bridgehead atoms. The molecule has 4 rings (SSSR count). The van der Waals surface area contributed by atoms with Crippen molar-refractivity contribution in [1.82, 2.24) is 9.88 Å². The van der Waals surface area contributed by atoms with Gasteiger partial charge in [-0.15, -0.1) is 0 Å². The summed E-state index contributed by atoms with van der Waals surface area (Å²) in [5.41, 5.74) is 3.02. The number of ketones is 2. The third kappa shape index (κ3) is 3.83. The van der Waals surface area contributed by atoms with E-state index in [2.05, 4.69) is 16.0 Å². The van der Waals surface area contributed by atoms with E-state index in [1.165, 1.54) is 12.8 Å². The summed E-state index contributed by atoms with van der Waals surface area (Å²) in [6.07, 6.45) is 5.64. The van der Waals surface area contributed by atoms with Gasteiger partial charge in [-0.2, -0.15) is 5.26 Å². The molecule has 1 atom stereocenters. The Bertz CT molecular complexity index is 916. The summed E-state index contributed by atoms with van der Waals surface area (Å²) >= 11 is 0. The molecule has 1 unspecified atom stereocenters. The van der Waals surface area contributed by atoms with Crippen LogP contribution in [0.2, 0.25) is 0 Å². The van der Waals surface area contributed by atoms with E-state index < -0.39 is 6.10 Å². The molecule has 1 aromatic rings. The van der Waals surface area contributed by atoms with Crippen molar-refractivity contribution >= 4 is 17.3 Å². The maximum Gasteiger partial charge on any atom is 0.181 e. The molecule has 0 aromatic carbocycles. The molecule has 0 amide bonds. The summed E-state index contributed by atoms with van der Waals surface area (Å²) in [6, 6.07) is 3.78. The number of aromatic nitrogens is 1. The first-order chi connectivity index (χ1) is 14.0. The lowest BCUT2D eigenvalue weighted by atomic mass is 9.86. The Morgan fingerprint density at radius 3 is 2.66 bits per heavy atom. The highest BCUT2D eigenvalue weighted by Crippen LogP contribution is 2.54. The van der Waals surface area contributed by atoms with Crippen molar-refractivity contribution in [1.29, 1.82) is 5.26 Å². The minimum Gasteiger partial charge on any atom is -0.394 e. The van der Waals surface area contributed by atoms with Crippen LogP contribution in [0.1, 0.15) is 60.1 Å². The molecule has 1 saturated carbocycles. The number of fused-ring (bicyclic) bond motifs is 1. The number of aliphatic hydroxyl groups is 2. The van der Waals surface area contributed by atoms with E-state index >= 15 is 0 Å². The summed E-state index contributed by atoms with van der Waals surface area (Å²) in [4.78, 5) is 31.4. The number of hydrogen-bond acceptors (Lipinski definition) is 7. The highest BCUT2D eigenvalue weighted by molar-refractivity contribution is 6.10. The number of allylic oxidation sites excluding steroid dienone is 1. The van der Waals surface area contributed by atoms with Crippen molar-refractivity contribution < 1.29 is 19.8 Å². The maximum atomic E-state index is 12.6. The quantitative estimate of drug-likeness (QED) is 0.704. The zero-order valence-corrected chi connectivity index (χ0v) is 16.4. The van der Waals surface area contributed by atoms with Crippen LogP contribution < -0.4 is 0 Å². The van der Waals surface area contributed by atoms with Gasteiger partial charge in [0.1, 0.15) is 17.3 Å². The van der Waals surface area contributed by atoms with Crippen molar-refractivity contribution in [2.45, 2.75) is 51.0 Å². The maximum absolute atomic E-state index is 12.6. The van der Waals surface area contributed by atoms with Gasteiger partial charge in [0.25, 0.3) is 0 Å². The number of aliphatic hydroxyl groups excluding tert-OH is 2. The second-order valence-electron chi connectivity index (χ2n) is 8.45. The third-order valence-electron chi connectivity index (χ3n) is 6.52. The fourth-order valence-corrected chi connectivity index (χ4v) is 4.37. The second kappa shape index (κ2) is 7.69. The lowest BCUT2D eigenvalue weighted by molar-refractivity contribution is -0.114. The monoisotopic (exact) mass is 395 g/mol. The molecule has 7 nitrogen and oxygen atoms in total. The first-order valence-corrected chi connectivity index (χ1v) is 10.2. The fraction of sp³-hybridized carbons (Fsp3) is 0.545. The molecule has 7 heteroatoms. The van der Waals surface area contributed by atoms with Crippen LogP contribution in [0.15, 0.2) is 17.8 Å². The van der Waals surface area contributed by atoms with Crippen LogP contribution >= 0.6 is 0 Å². The lowest BCUT2D eigenvalue weighted by Gasteiger charge is -2.37. The summed E-state index contributed by atoms with van der Waals surface area (Å²) in [6.45, 7) is 1.23. The standard InChI is InChI=1S/C22H25N3O4/c23-11-17-20(29)9-14-12-24-18(19(28)2-1-15(27)13-26)10-16(14)21(17)25-7-5-22(3-4-22)6-8-25/h10,12,15,26-27H,1-9,13H2. The number of hydrogen-bond donors (Lipinski definition) is 2. The van der Waals surface area contributed by atoms with Crippen LogP contribution in [0.5, 0.6) is 0 Å². The lowest BCUT2D eigenvalue weighted by Crippen LogP contribution is -2.36. The molecule has 0 radical (unpaired) electrons. The molecule has 29 heavy (non-hydrogen) atoms. The molecular formula is C22H25N3O4. The number of rotatable bonds is 6. The topological polar surface area (TPSA) is 115 Å². The normalized spacial score (nSPS) is 21.0. The van der Waals surface area contributed by atoms with Gasteiger partial charge >= 0.3 is 0 Å². The summed E-state index contributed by atoms with van der Waals surface area (Å²) in [7, 11) is 0. The van der Waals surface area contributed by atoms with E-state index in [0.29, 0.717) is 11.1 Å². The SMILES string of the molecule is N#CC1=C(N2CCC3(CC2)CC3)c2cc(C(=O)CCC(O)CO)ncc2CC1=O. The summed E-state index contributed by atoms with van der Waals surface area (Å²) in [5, 5.41) is 28.1. The van der Waals surface area contributed by atoms with Gasteiger partial charge in [0.15, 0.2) is 11.6 Å². The molecule has 1 aliphatic heterocycles. The van der Waals surface area contributed by atoms with E-state index in [1.807, 2.05) is 0 Å². The Labute approximate surface area is 169 Å². The predicted molar refractivity (Wildman–Crippen MR) is 105 cm³/mol. The molecule has 2 fully saturated rings. The zero-order valence-electron chi connectivity index (χ0n) is 16.4. The van der Waals surface area contributed by atoms with Crippen LogP contribution in [0.4, 0.5) is 0 Å². The number of pyridine rings is 1. The molecular weight excluding hydrogens is 370 g/mol. The van der Waals surface area contributed by atoms with Crippen LogP contribution in [-0.2, 0) is 11.2 Å². The number of nitriles is 1. The van der Waals surface area contributed by atoms with Gasteiger partial charge in [-0.1, -0.05) is 0 Å². The van der Waals surface area contributed by atoms with Crippen LogP contribution in [-0.4, -0.2) is 57.5 Å². The smallest absolute Gasteiger partial charge is 0.181 e. The highest BCUT2D eigenvalue weighted by atomic mass is 16.3. The Hall–Kier alpha value is -2.56. The van der Waals surface area contributed by atoms with Crippen LogP contribution in [0.3, 0.4) is 0 Å². The van der Waals surface area contributed by atoms with E-state index in [0.717, 1.165) is 37.1 Å². The average molecular weight is 395 g/mol.